The number of benzene rings is 8. The Balaban J connectivity index is 0.994. The number of para-hydroxylation sites is 2. The molecule has 0 saturated carbocycles. The molecule has 3 heterocycles. The van der Waals surface area contributed by atoms with Crippen LogP contribution in [-0.2, 0) is 5.41 Å². The Kier molecular flexibility index (Phi) is 7.20. The Labute approximate surface area is 341 Å². The van der Waals surface area contributed by atoms with Crippen molar-refractivity contribution in [2.45, 2.75) is 19.3 Å². The lowest BCUT2D eigenvalue weighted by molar-refractivity contribution is 0.651. The molecule has 8 aromatic carbocycles. The maximum absolute atomic E-state index is 6.59. The average molecular weight is 759 g/mol. The van der Waals surface area contributed by atoms with Gasteiger partial charge in [-0.1, -0.05) is 135 Å². The largest absolute Gasteiger partial charge is 0.437 e. The molecule has 5 nitrogen and oxygen atoms in total. The molecule has 0 radical (unpaired) electrons. The summed E-state index contributed by atoms with van der Waals surface area (Å²) >= 11 is 0. The molecule has 1 aliphatic carbocycles. The maximum Gasteiger partial charge on any atom is 0.232 e. The first-order valence-corrected chi connectivity index (χ1v) is 20.2. The summed E-state index contributed by atoms with van der Waals surface area (Å²) in [6.07, 6.45) is 0. The van der Waals surface area contributed by atoms with E-state index in [1.165, 1.54) is 44.5 Å². The van der Waals surface area contributed by atoms with Crippen LogP contribution in [-0.4, -0.2) is 14.0 Å². The van der Waals surface area contributed by atoms with Crippen LogP contribution in [0.15, 0.2) is 199 Å². The second kappa shape index (κ2) is 12.7. The minimum atomic E-state index is -0.0549. The van der Waals surface area contributed by atoms with Gasteiger partial charge in [-0.2, -0.15) is 0 Å². The fraction of sp³-hybridized carbons (Fsp3) is 0.0556. The Morgan fingerprint density at radius 2 is 1.10 bits per heavy atom. The number of fused-ring (bicyclic) bond motifs is 10. The number of anilines is 3. The van der Waals surface area contributed by atoms with Gasteiger partial charge in [0.1, 0.15) is 11.1 Å². The van der Waals surface area contributed by atoms with Gasteiger partial charge in [0.25, 0.3) is 0 Å². The highest BCUT2D eigenvalue weighted by Gasteiger charge is 2.35. The van der Waals surface area contributed by atoms with Crippen LogP contribution in [0, 0.1) is 0 Å². The molecule has 0 unspecified atom stereocenters. The second-order valence-corrected chi connectivity index (χ2v) is 16.1. The van der Waals surface area contributed by atoms with E-state index in [0.717, 1.165) is 61.8 Å². The van der Waals surface area contributed by atoms with E-state index in [1.807, 2.05) is 18.2 Å². The van der Waals surface area contributed by atoms with E-state index in [2.05, 4.69) is 204 Å². The summed E-state index contributed by atoms with van der Waals surface area (Å²) in [5, 5.41) is 1.06. The number of hydrogen-bond donors (Lipinski definition) is 0. The van der Waals surface area contributed by atoms with Crippen molar-refractivity contribution in [2.75, 3.05) is 4.90 Å². The maximum atomic E-state index is 6.59. The predicted molar refractivity (Wildman–Crippen MR) is 242 cm³/mol. The number of nitrogens with zero attached hydrogens (tertiary/aromatic N) is 4. The summed E-state index contributed by atoms with van der Waals surface area (Å²) in [5.74, 6) is 0.812. The Morgan fingerprint density at radius 3 is 1.86 bits per heavy atom. The molecular formula is C54H38N4O. The normalized spacial score (nSPS) is 13.1. The SMILES string of the molecule is CC1(C)c2ccccc2-c2ccc(-c3ccc(N(c4ccc(-c5ccccc5)cc4)c4ccc5c(c4)nc4n(-c6ccccc6)c6c7ccccc7oc6n54)cc3)cc21. The van der Waals surface area contributed by atoms with Crippen molar-refractivity contribution in [1.82, 2.24) is 14.0 Å². The molecular weight excluding hydrogens is 721 g/mol. The zero-order valence-corrected chi connectivity index (χ0v) is 32.7. The lowest BCUT2D eigenvalue weighted by atomic mass is 9.81. The molecule has 0 aliphatic heterocycles. The van der Waals surface area contributed by atoms with Crippen LogP contribution in [0.2, 0.25) is 0 Å². The molecule has 0 saturated heterocycles. The number of aromatic nitrogens is 3. The number of furan rings is 1. The van der Waals surface area contributed by atoms with Crippen LogP contribution < -0.4 is 4.90 Å². The molecule has 12 rings (SSSR count). The summed E-state index contributed by atoms with van der Waals surface area (Å²) in [6.45, 7) is 4.68. The van der Waals surface area contributed by atoms with Gasteiger partial charge < -0.3 is 9.32 Å². The number of imidazole rings is 2. The van der Waals surface area contributed by atoms with Gasteiger partial charge in [-0.15, -0.1) is 0 Å². The first-order chi connectivity index (χ1) is 29.0. The van der Waals surface area contributed by atoms with Crippen LogP contribution >= 0.6 is 0 Å². The van der Waals surface area contributed by atoms with Crippen LogP contribution in [0.4, 0.5) is 17.1 Å². The fourth-order valence-electron chi connectivity index (χ4n) is 9.42. The number of hydrogen-bond acceptors (Lipinski definition) is 3. The first kappa shape index (κ1) is 33.5. The van der Waals surface area contributed by atoms with Gasteiger partial charge in [-0.3, -0.25) is 4.57 Å². The van der Waals surface area contributed by atoms with Crippen molar-refractivity contribution in [1.29, 1.82) is 0 Å². The van der Waals surface area contributed by atoms with Crippen LogP contribution in [0.3, 0.4) is 0 Å². The summed E-state index contributed by atoms with van der Waals surface area (Å²) in [4.78, 5) is 7.67. The third-order valence-corrected chi connectivity index (χ3v) is 12.3. The average Bonchev–Trinajstić information content (AvgIpc) is 4.00. The van der Waals surface area contributed by atoms with E-state index in [1.54, 1.807) is 0 Å². The molecule has 5 heteroatoms. The summed E-state index contributed by atoms with van der Waals surface area (Å²) < 4.78 is 11.0. The molecule has 3 aromatic heterocycles. The molecule has 280 valence electrons. The fourth-order valence-corrected chi connectivity index (χ4v) is 9.42. The Hall–Kier alpha value is -7.63. The third kappa shape index (κ3) is 5.08. The number of rotatable bonds is 6. The van der Waals surface area contributed by atoms with Gasteiger partial charge in [0.15, 0.2) is 0 Å². The molecule has 0 fully saturated rings. The van der Waals surface area contributed by atoms with E-state index in [4.69, 9.17) is 9.40 Å². The molecule has 0 atom stereocenters. The van der Waals surface area contributed by atoms with Crippen molar-refractivity contribution in [3.05, 3.63) is 205 Å². The standard InChI is InChI=1S/C54H38N4O/c1-54(2)46-19-11-9-17-43(46)44-31-25-38(33-47(44)54)37-23-28-41(29-24-37)56(40-26-21-36(22-27-40)35-13-5-3-6-14-35)42-30-32-49-48(34-42)55-53-57(39-15-7-4-8-16-39)51-45-18-10-12-20-50(45)59-52(51)58(49)53/h3-34H,1-2H3. The van der Waals surface area contributed by atoms with Gasteiger partial charge in [-0.05, 0) is 117 Å². The molecule has 0 amide bonds. The smallest absolute Gasteiger partial charge is 0.232 e. The van der Waals surface area contributed by atoms with Gasteiger partial charge in [0, 0.05) is 33.6 Å². The lowest BCUT2D eigenvalue weighted by Gasteiger charge is -2.26. The topological polar surface area (TPSA) is 38.6 Å². The quantitative estimate of drug-likeness (QED) is 0.169. The van der Waals surface area contributed by atoms with Crippen molar-refractivity contribution in [2.24, 2.45) is 0 Å². The summed E-state index contributed by atoms with van der Waals surface area (Å²) in [5.41, 5.74) is 18.8. The third-order valence-electron chi connectivity index (χ3n) is 12.3. The van der Waals surface area contributed by atoms with Gasteiger partial charge in [0.05, 0.1) is 11.0 Å². The van der Waals surface area contributed by atoms with Crippen molar-refractivity contribution in [3.8, 4) is 39.1 Å². The van der Waals surface area contributed by atoms with Crippen LogP contribution in [0.1, 0.15) is 25.0 Å². The Bertz CT molecular complexity index is 3390. The van der Waals surface area contributed by atoms with Crippen molar-refractivity contribution < 1.29 is 4.42 Å². The first-order valence-electron chi connectivity index (χ1n) is 20.2. The van der Waals surface area contributed by atoms with E-state index in [9.17, 15) is 0 Å². The van der Waals surface area contributed by atoms with Crippen LogP contribution in [0.25, 0.3) is 78.1 Å². The summed E-state index contributed by atoms with van der Waals surface area (Å²) in [7, 11) is 0. The minimum absolute atomic E-state index is 0.0549. The van der Waals surface area contributed by atoms with Gasteiger partial charge in [0.2, 0.25) is 11.5 Å². The zero-order chi connectivity index (χ0) is 39.2. The highest BCUT2D eigenvalue weighted by atomic mass is 16.3. The summed E-state index contributed by atoms with van der Waals surface area (Å²) in [6, 6.07) is 69.4. The zero-order valence-electron chi connectivity index (χ0n) is 32.7. The molecule has 0 N–H and O–H groups in total. The van der Waals surface area contributed by atoms with Gasteiger partial charge >= 0.3 is 0 Å². The monoisotopic (exact) mass is 758 g/mol. The second-order valence-electron chi connectivity index (χ2n) is 16.1. The lowest BCUT2D eigenvalue weighted by Crippen LogP contribution is -2.14. The van der Waals surface area contributed by atoms with Crippen LogP contribution in [0.5, 0.6) is 0 Å². The van der Waals surface area contributed by atoms with Crippen molar-refractivity contribution >= 4 is 56.1 Å². The van der Waals surface area contributed by atoms with E-state index in [-0.39, 0.29) is 5.41 Å². The highest BCUT2D eigenvalue weighted by Crippen LogP contribution is 2.50. The molecule has 0 spiro atoms. The van der Waals surface area contributed by atoms with E-state index in [0.29, 0.717) is 0 Å². The van der Waals surface area contributed by atoms with E-state index < -0.39 is 0 Å². The molecule has 11 aromatic rings. The van der Waals surface area contributed by atoms with E-state index >= 15 is 0 Å². The Morgan fingerprint density at radius 1 is 0.508 bits per heavy atom. The predicted octanol–water partition coefficient (Wildman–Crippen LogP) is 14.3. The molecule has 0 bridgehead atoms. The van der Waals surface area contributed by atoms with Crippen molar-refractivity contribution in [3.63, 3.8) is 0 Å². The minimum Gasteiger partial charge on any atom is -0.437 e. The van der Waals surface area contributed by atoms with Gasteiger partial charge in [-0.25, -0.2) is 9.38 Å². The molecule has 59 heavy (non-hydrogen) atoms. The highest BCUT2D eigenvalue weighted by molar-refractivity contribution is 6.06. The molecule has 1 aliphatic rings.